The summed E-state index contributed by atoms with van der Waals surface area (Å²) in [5.74, 6) is 0.825. The van der Waals surface area contributed by atoms with Gasteiger partial charge in [0, 0.05) is 11.1 Å². The van der Waals surface area contributed by atoms with E-state index in [4.69, 9.17) is 9.47 Å². The molecule has 1 aromatic carbocycles. The molecule has 3 nitrogen and oxygen atoms in total. The zero-order valence-electron chi connectivity index (χ0n) is 11.1. The fourth-order valence-corrected chi connectivity index (χ4v) is 1.56. The second-order valence-electron chi connectivity index (χ2n) is 3.94. The Kier molecular flexibility index (Phi) is 6.15. The van der Waals surface area contributed by atoms with Crippen LogP contribution in [-0.4, -0.2) is 19.0 Å². The molecular weight excluding hydrogens is 228 g/mol. The van der Waals surface area contributed by atoms with Crippen LogP contribution in [0.1, 0.15) is 36.2 Å². The van der Waals surface area contributed by atoms with Crippen LogP contribution in [0.25, 0.3) is 0 Å². The van der Waals surface area contributed by atoms with Gasteiger partial charge >= 0.3 is 0 Å². The van der Waals surface area contributed by atoms with Gasteiger partial charge in [-0.05, 0) is 38.5 Å². The molecule has 0 fully saturated rings. The van der Waals surface area contributed by atoms with Crippen molar-refractivity contribution in [3.05, 3.63) is 42.0 Å². The second-order valence-corrected chi connectivity index (χ2v) is 3.94. The van der Waals surface area contributed by atoms with Crippen molar-refractivity contribution in [2.75, 3.05) is 13.2 Å². The molecular formula is C15H20O3. The summed E-state index contributed by atoms with van der Waals surface area (Å²) in [4.78, 5) is 11.3. The molecule has 1 aromatic rings. The molecule has 0 bridgehead atoms. The molecule has 0 aliphatic rings. The van der Waals surface area contributed by atoms with E-state index in [0.717, 1.165) is 17.7 Å². The minimum atomic E-state index is 0.0467. The molecule has 0 aliphatic heterocycles. The Bertz CT molecular complexity index is 410. The van der Waals surface area contributed by atoms with Gasteiger partial charge in [-0.25, -0.2) is 0 Å². The molecule has 3 heteroatoms. The van der Waals surface area contributed by atoms with E-state index in [2.05, 4.69) is 6.58 Å². The molecule has 0 spiro atoms. The van der Waals surface area contributed by atoms with Crippen molar-refractivity contribution in [1.82, 2.24) is 0 Å². The smallest absolute Gasteiger partial charge is 0.159 e. The van der Waals surface area contributed by atoms with E-state index in [1.54, 1.807) is 13.0 Å². The van der Waals surface area contributed by atoms with Gasteiger partial charge in [-0.15, -0.1) is 6.58 Å². The molecule has 0 saturated carbocycles. The molecule has 18 heavy (non-hydrogen) atoms. The maximum absolute atomic E-state index is 11.3. The number of benzene rings is 1. The number of hydrogen-bond donors (Lipinski definition) is 0. The molecule has 0 atom stereocenters. The van der Waals surface area contributed by atoms with Gasteiger partial charge < -0.3 is 9.47 Å². The summed E-state index contributed by atoms with van der Waals surface area (Å²) in [6.07, 6.45) is 2.63. The summed E-state index contributed by atoms with van der Waals surface area (Å²) in [7, 11) is 0. The third-order valence-electron chi connectivity index (χ3n) is 2.49. The van der Waals surface area contributed by atoms with E-state index in [9.17, 15) is 4.79 Å². The molecule has 0 aliphatic carbocycles. The Hall–Kier alpha value is -1.61. The molecule has 0 amide bonds. The van der Waals surface area contributed by atoms with Gasteiger partial charge in [0.1, 0.15) is 5.75 Å². The summed E-state index contributed by atoms with van der Waals surface area (Å²) in [6, 6.07) is 5.44. The number of carbonyl (C=O) groups excluding carboxylic acids is 1. The van der Waals surface area contributed by atoms with Crippen molar-refractivity contribution in [3.8, 4) is 5.75 Å². The van der Waals surface area contributed by atoms with Crippen LogP contribution in [-0.2, 0) is 11.3 Å². The standard InChI is InChI=1S/C15H20O3/c1-4-6-9-17-11-14-10-13(12(3)16)7-8-15(14)18-5-2/h4,7-8,10H,1,5-6,9,11H2,2-3H3. The van der Waals surface area contributed by atoms with Crippen LogP contribution >= 0.6 is 0 Å². The van der Waals surface area contributed by atoms with Crippen LogP contribution < -0.4 is 4.74 Å². The quantitative estimate of drug-likeness (QED) is 0.402. The van der Waals surface area contributed by atoms with Crippen LogP contribution in [0.4, 0.5) is 0 Å². The Morgan fingerprint density at radius 3 is 2.83 bits per heavy atom. The second kappa shape index (κ2) is 7.67. The van der Waals surface area contributed by atoms with Crippen molar-refractivity contribution >= 4 is 5.78 Å². The van der Waals surface area contributed by atoms with Crippen LogP contribution in [0.3, 0.4) is 0 Å². The van der Waals surface area contributed by atoms with E-state index in [-0.39, 0.29) is 5.78 Å². The van der Waals surface area contributed by atoms with Gasteiger partial charge in [-0.3, -0.25) is 4.79 Å². The van der Waals surface area contributed by atoms with Gasteiger partial charge in [-0.1, -0.05) is 6.08 Å². The van der Waals surface area contributed by atoms with Crippen LogP contribution in [0.2, 0.25) is 0 Å². The number of ketones is 1. The maximum atomic E-state index is 11.3. The fourth-order valence-electron chi connectivity index (χ4n) is 1.56. The van der Waals surface area contributed by atoms with E-state index >= 15 is 0 Å². The first-order valence-corrected chi connectivity index (χ1v) is 6.14. The molecule has 0 N–H and O–H groups in total. The number of hydrogen-bond acceptors (Lipinski definition) is 3. The fraction of sp³-hybridized carbons (Fsp3) is 0.400. The van der Waals surface area contributed by atoms with E-state index < -0.39 is 0 Å². The summed E-state index contributed by atoms with van der Waals surface area (Å²) in [6.45, 7) is 8.79. The van der Waals surface area contributed by atoms with Crippen LogP contribution in [0.5, 0.6) is 5.75 Å². The molecule has 0 saturated heterocycles. The normalized spacial score (nSPS) is 10.1. The summed E-state index contributed by atoms with van der Waals surface area (Å²) < 4.78 is 11.0. The zero-order valence-corrected chi connectivity index (χ0v) is 11.1. The maximum Gasteiger partial charge on any atom is 0.159 e. The largest absolute Gasteiger partial charge is 0.494 e. The summed E-state index contributed by atoms with van der Waals surface area (Å²) >= 11 is 0. The number of Topliss-reactive ketones (excluding diaryl/α,β-unsaturated/α-hetero) is 1. The predicted octanol–water partition coefficient (Wildman–Crippen LogP) is 3.38. The topological polar surface area (TPSA) is 35.5 Å². The minimum Gasteiger partial charge on any atom is -0.494 e. The average Bonchev–Trinajstić information content (AvgIpc) is 2.36. The van der Waals surface area contributed by atoms with Crippen molar-refractivity contribution < 1.29 is 14.3 Å². The van der Waals surface area contributed by atoms with Crippen molar-refractivity contribution in [2.45, 2.75) is 26.9 Å². The van der Waals surface area contributed by atoms with E-state index in [0.29, 0.717) is 25.4 Å². The SMILES string of the molecule is C=CCCOCc1cc(C(C)=O)ccc1OCC. The highest BCUT2D eigenvalue weighted by Crippen LogP contribution is 2.21. The number of ether oxygens (including phenoxy) is 2. The molecule has 0 unspecified atom stereocenters. The molecule has 1 rings (SSSR count). The van der Waals surface area contributed by atoms with Crippen molar-refractivity contribution in [2.24, 2.45) is 0 Å². The molecule has 98 valence electrons. The van der Waals surface area contributed by atoms with Crippen molar-refractivity contribution in [1.29, 1.82) is 0 Å². The van der Waals surface area contributed by atoms with Crippen LogP contribution in [0.15, 0.2) is 30.9 Å². The Labute approximate surface area is 108 Å². The third kappa shape index (κ3) is 4.34. The van der Waals surface area contributed by atoms with Gasteiger partial charge in [0.05, 0.1) is 19.8 Å². The van der Waals surface area contributed by atoms with Gasteiger partial charge in [-0.2, -0.15) is 0 Å². The third-order valence-corrected chi connectivity index (χ3v) is 2.49. The lowest BCUT2D eigenvalue weighted by Gasteiger charge is -2.11. The lowest BCUT2D eigenvalue weighted by molar-refractivity contribution is 0.101. The van der Waals surface area contributed by atoms with Gasteiger partial charge in [0.25, 0.3) is 0 Å². The first-order chi connectivity index (χ1) is 8.69. The summed E-state index contributed by atoms with van der Waals surface area (Å²) in [5, 5.41) is 0. The monoisotopic (exact) mass is 248 g/mol. The van der Waals surface area contributed by atoms with Crippen LogP contribution in [0, 0.1) is 0 Å². The minimum absolute atomic E-state index is 0.0467. The molecule has 0 aromatic heterocycles. The number of carbonyl (C=O) groups is 1. The zero-order chi connectivity index (χ0) is 13.4. The molecule has 0 heterocycles. The Balaban J connectivity index is 2.78. The van der Waals surface area contributed by atoms with Crippen molar-refractivity contribution in [3.63, 3.8) is 0 Å². The van der Waals surface area contributed by atoms with E-state index in [1.807, 2.05) is 25.1 Å². The lowest BCUT2D eigenvalue weighted by atomic mass is 10.1. The molecule has 0 radical (unpaired) electrons. The average molecular weight is 248 g/mol. The highest BCUT2D eigenvalue weighted by atomic mass is 16.5. The first kappa shape index (κ1) is 14.5. The lowest BCUT2D eigenvalue weighted by Crippen LogP contribution is -2.02. The highest BCUT2D eigenvalue weighted by molar-refractivity contribution is 5.94. The first-order valence-electron chi connectivity index (χ1n) is 6.14. The summed E-state index contributed by atoms with van der Waals surface area (Å²) in [5.41, 5.74) is 1.59. The van der Waals surface area contributed by atoms with E-state index in [1.165, 1.54) is 0 Å². The van der Waals surface area contributed by atoms with Gasteiger partial charge in [0.2, 0.25) is 0 Å². The Morgan fingerprint density at radius 1 is 1.44 bits per heavy atom. The highest BCUT2D eigenvalue weighted by Gasteiger charge is 2.07. The Morgan fingerprint density at radius 2 is 2.22 bits per heavy atom. The van der Waals surface area contributed by atoms with Gasteiger partial charge in [0.15, 0.2) is 5.78 Å². The predicted molar refractivity (Wildman–Crippen MR) is 72.1 cm³/mol. The number of rotatable bonds is 8.